The van der Waals surface area contributed by atoms with Gasteiger partial charge in [0, 0.05) is 35.9 Å². The highest BCUT2D eigenvalue weighted by Crippen LogP contribution is 2.20. The number of rotatable bonds is 7. The summed E-state index contributed by atoms with van der Waals surface area (Å²) in [5.41, 5.74) is 0. The van der Waals surface area contributed by atoms with E-state index < -0.39 is 0 Å². The van der Waals surface area contributed by atoms with Crippen LogP contribution in [0.25, 0.3) is 0 Å². The van der Waals surface area contributed by atoms with Gasteiger partial charge in [0.1, 0.15) is 0 Å². The highest BCUT2D eigenvalue weighted by atomic mass is 127. The van der Waals surface area contributed by atoms with Gasteiger partial charge in [-0.1, -0.05) is 12.1 Å². The number of halogens is 1. The molecule has 0 bridgehead atoms. The van der Waals surface area contributed by atoms with Crippen molar-refractivity contribution in [2.24, 2.45) is 10.9 Å². The molecule has 0 saturated carbocycles. The van der Waals surface area contributed by atoms with Crippen LogP contribution in [0, 0.1) is 5.92 Å². The summed E-state index contributed by atoms with van der Waals surface area (Å²) < 4.78 is 0. The first-order chi connectivity index (χ1) is 12.3. The number of hydrogen-bond donors (Lipinski definition) is 2. The zero-order valence-electron chi connectivity index (χ0n) is 15.3. The lowest BCUT2D eigenvalue weighted by Crippen LogP contribution is -2.44. The van der Waals surface area contributed by atoms with Crippen LogP contribution in [-0.4, -0.2) is 37.0 Å². The van der Waals surface area contributed by atoms with Gasteiger partial charge >= 0.3 is 0 Å². The van der Waals surface area contributed by atoms with Crippen molar-refractivity contribution in [1.82, 2.24) is 15.5 Å². The minimum Gasteiger partial charge on any atom is -0.357 e. The Kier molecular flexibility index (Phi) is 9.95. The number of nitrogens with one attached hydrogen (secondary N) is 2. The Balaban J connectivity index is 0.00000243. The number of guanidine groups is 1. The molecule has 1 fully saturated rings. The van der Waals surface area contributed by atoms with Crippen molar-refractivity contribution < 1.29 is 0 Å². The first-order valence-corrected chi connectivity index (χ1v) is 10.9. The Morgan fingerprint density at radius 2 is 1.96 bits per heavy atom. The molecular formula is C19H29IN4S2. The number of piperidine rings is 1. The maximum Gasteiger partial charge on any atom is 0.191 e. The topological polar surface area (TPSA) is 39.7 Å². The van der Waals surface area contributed by atoms with E-state index >= 15 is 0 Å². The van der Waals surface area contributed by atoms with E-state index in [9.17, 15) is 0 Å². The molecule has 144 valence electrons. The monoisotopic (exact) mass is 504 g/mol. The quantitative estimate of drug-likeness (QED) is 0.334. The number of hydrogen-bond acceptors (Lipinski definition) is 4. The standard InChI is InChI=1S/C19H28N4S2.HI/c1-2-20-19(22-13-17-7-4-10-24-17)21-12-16-6-3-9-23(14-16)15-18-8-5-11-25-18;/h4-5,7-8,10-11,16H,2-3,6,9,12-15H2,1H3,(H2,20,21,22);1H. The molecule has 3 heterocycles. The average Bonchev–Trinajstić information content (AvgIpc) is 3.31. The molecule has 2 aromatic heterocycles. The molecule has 26 heavy (non-hydrogen) atoms. The molecular weight excluding hydrogens is 475 g/mol. The fraction of sp³-hybridized carbons (Fsp3) is 0.526. The average molecular weight is 505 g/mol. The molecule has 1 unspecified atom stereocenters. The third-order valence-electron chi connectivity index (χ3n) is 4.44. The van der Waals surface area contributed by atoms with Gasteiger partial charge in [0.05, 0.1) is 6.54 Å². The normalized spacial score (nSPS) is 18.3. The molecule has 1 atom stereocenters. The molecule has 0 radical (unpaired) electrons. The van der Waals surface area contributed by atoms with Gasteiger partial charge < -0.3 is 10.6 Å². The summed E-state index contributed by atoms with van der Waals surface area (Å²) in [5, 5.41) is 11.2. The van der Waals surface area contributed by atoms with E-state index in [1.54, 1.807) is 11.3 Å². The first kappa shape index (κ1) is 21.7. The van der Waals surface area contributed by atoms with Gasteiger partial charge in [0.25, 0.3) is 0 Å². The molecule has 0 aromatic carbocycles. The van der Waals surface area contributed by atoms with Gasteiger partial charge in [0.2, 0.25) is 0 Å². The molecule has 3 rings (SSSR count). The molecule has 0 amide bonds. The predicted octanol–water partition coefficient (Wildman–Crippen LogP) is 4.39. The second kappa shape index (κ2) is 11.9. The lowest BCUT2D eigenvalue weighted by molar-refractivity contribution is 0.169. The first-order valence-electron chi connectivity index (χ1n) is 9.12. The predicted molar refractivity (Wildman–Crippen MR) is 125 cm³/mol. The summed E-state index contributed by atoms with van der Waals surface area (Å²) in [4.78, 5) is 10.1. The zero-order chi connectivity index (χ0) is 17.3. The van der Waals surface area contributed by atoms with Crippen molar-refractivity contribution in [2.75, 3.05) is 26.2 Å². The van der Waals surface area contributed by atoms with Crippen molar-refractivity contribution >= 4 is 52.6 Å². The Morgan fingerprint density at radius 1 is 1.19 bits per heavy atom. The Morgan fingerprint density at radius 3 is 2.65 bits per heavy atom. The smallest absolute Gasteiger partial charge is 0.191 e. The number of thiophene rings is 2. The van der Waals surface area contributed by atoms with Crippen molar-refractivity contribution in [1.29, 1.82) is 0 Å². The summed E-state index contributed by atoms with van der Waals surface area (Å²) >= 11 is 3.63. The summed E-state index contributed by atoms with van der Waals surface area (Å²) in [6, 6.07) is 8.62. The van der Waals surface area contributed by atoms with E-state index in [2.05, 4.69) is 57.5 Å². The highest BCUT2D eigenvalue weighted by Gasteiger charge is 2.20. The van der Waals surface area contributed by atoms with Gasteiger partial charge in [-0.3, -0.25) is 4.90 Å². The minimum atomic E-state index is 0. The number of nitrogens with zero attached hydrogens (tertiary/aromatic N) is 2. The van der Waals surface area contributed by atoms with Crippen LogP contribution >= 0.6 is 46.7 Å². The largest absolute Gasteiger partial charge is 0.357 e. The second-order valence-electron chi connectivity index (χ2n) is 6.48. The van der Waals surface area contributed by atoms with Crippen molar-refractivity contribution in [3.8, 4) is 0 Å². The molecule has 2 aromatic rings. The van der Waals surface area contributed by atoms with Gasteiger partial charge in [0.15, 0.2) is 5.96 Å². The molecule has 7 heteroatoms. The van der Waals surface area contributed by atoms with Crippen molar-refractivity contribution in [3.05, 3.63) is 44.8 Å². The summed E-state index contributed by atoms with van der Waals surface area (Å²) in [7, 11) is 0. The van der Waals surface area contributed by atoms with E-state index in [-0.39, 0.29) is 24.0 Å². The lowest BCUT2D eigenvalue weighted by atomic mass is 9.98. The van der Waals surface area contributed by atoms with Crippen LogP contribution in [0.2, 0.25) is 0 Å². The van der Waals surface area contributed by atoms with E-state index in [0.717, 1.165) is 32.1 Å². The van der Waals surface area contributed by atoms with Crippen LogP contribution in [0.5, 0.6) is 0 Å². The van der Waals surface area contributed by atoms with Crippen LogP contribution in [0.1, 0.15) is 29.5 Å². The summed E-state index contributed by atoms with van der Waals surface area (Å²) in [6.45, 7) is 8.26. The third-order valence-corrected chi connectivity index (χ3v) is 6.16. The fourth-order valence-corrected chi connectivity index (χ4v) is 4.60. The summed E-state index contributed by atoms with van der Waals surface area (Å²) in [6.07, 6.45) is 2.60. The molecule has 0 spiro atoms. The van der Waals surface area contributed by atoms with Crippen LogP contribution < -0.4 is 10.6 Å². The molecule has 1 saturated heterocycles. The minimum absolute atomic E-state index is 0. The van der Waals surface area contributed by atoms with E-state index in [1.165, 1.54) is 35.7 Å². The van der Waals surface area contributed by atoms with Crippen molar-refractivity contribution in [2.45, 2.75) is 32.9 Å². The van der Waals surface area contributed by atoms with Gasteiger partial charge in [-0.2, -0.15) is 0 Å². The molecule has 1 aliphatic heterocycles. The van der Waals surface area contributed by atoms with E-state index in [0.29, 0.717) is 5.92 Å². The Hall–Kier alpha value is -0.640. The highest BCUT2D eigenvalue weighted by molar-refractivity contribution is 14.0. The maximum atomic E-state index is 4.71. The molecule has 1 aliphatic rings. The van der Waals surface area contributed by atoms with Crippen LogP contribution in [0.4, 0.5) is 0 Å². The number of aliphatic imine (C=N–C) groups is 1. The molecule has 2 N–H and O–H groups in total. The van der Waals surface area contributed by atoms with Crippen LogP contribution in [0.3, 0.4) is 0 Å². The van der Waals surface area contributed by atoms with Crippen LogP contribution in [0.15, 0.2) is 40.0 Å². The van der Waals surface area contributed by atoms with Gasteiger partial charge in [-0.25, -0.2) is 4.99 Å². The van der Waals surface area contributed by atoms with E-state index in [1.807, 2.05) is 11.3 Å². The second-order valence-corrected chi connectivity index (χ2v) is 8.54. The third kappa shape index (κ3) is 7.17. The van der Waals surface area contributed by atoms with E-state index in [4.69, 9.17) is 4.99 Å². The fourth-order valence-electron chi connectivity index (χ4n) is 3.23. The Labute approximate surface area is 182 Å². The lowest BCUT2D eigenvalue weighted by Gasteiger charge is -2.32. The van der Waals surface area contributed by atoms with Gasteiger partial charge in [-0.05, 0) is 55.1 Å². The SMILES string of the molecule is CCNC(=NCc1cccs1)NCC1CCCN(Cc2cccs2)C1.I. The van der Waals surface area contributed by atoms with Crippen LogP contribution in [-0.2, 0) is 13.1 Å². The zero-order valence-corrected chi connectivity index (χ0v) is 19.3. The number of likely N-dealkylation sites (tertiary alicyclic amines) is 1. The molecule has 4 nitrogen and oxygen atoms in total. The Bertz CT molecular complexity index is 628. The van der Waals surface area contributed by atoms with Crippen molar-refractivity contribution in [3.63, 3.8) is 0 Å². The van der Waals surface area contributed by atoms with Gasteiger partial charge in [-0.15, -0.1) is 46.7 Å². The summed E-state index contributed by atoms with van der Waals surface area (Å²) in [5.74, 6) is 1.63. The molecule has 0 aliphatic carbocycles. The maximum absolute atomic E-state index is 4.71.